The Balaban J connectivity index is 1.99. The Morgan fingerprint density at radius 2 is 2.15 bits per heavy atom. The molecule has 1 saturated heterocycles. The predicted octanol–water partition coefficient (Wildman–Crippen LogP) is 1.76. The molecule has 0 bridgehead atoms. The van der Waals surface area contributed by atoms with Gasteiger partial charge in [-0.2, -0.15) is 4.39 Å². The zero-order valence-electron chi connectivity index (χ0n) is 13.3. The molecule has 0 aromatic carbocycles. The fraction of sp³-hybridized carbons (Fsp3) is 0.333. The molecule has 3 rings (SSSR count). The maximum absolute atomic E-state index is 14.1. The number of anilines is 1. The van der Waals surface area contributed by atoms with E-state index in [9.17, 15) is 18.4 Å². The minimum Gasteiger partial charge on any atom is -0.465 e. The number of halogens is 3. The van der Waals surface area contributed by atoms with Crippen molar-refractivity contribution in [2.24, 2.45) is 0 Å². The summed E-state index contributed by atoms with van der Waals surface area (Å²) >= 11 is 6.03. The normalized spacial score (nSPS) is 17.9. The standard InChI is InChI=1S/C15H14ClF2N5O3/c16-11-13(22-3-4-23(15(25)26)7-9(17)6-22)20-12(21-14(11)24)8-1-2-19-10(18)5-8/h1-2,5,9H,3-4,6-7H2,(H,25,26)(H,20,21,24). The van der Waals surface area contributed by atoms with Gasteiger partial charge in [0.15, 0.2) is 5.82 Å². The highest BCUT2D eigenvalue weighted by molar-refractivity contribution is 6.32. The second-order valence-corrected chi connectivity index (χ2v) is 6.07. The van der Waals surface area contributed by atoms with Gasteiger partial charge < -0.3 is 19.9 Å². The van der Waals surface area contributed by atoms with Crippen LogP contribution in [0.3, 0.4) is 0 Å². The molecule has 0 spiro atoms. The molecule has 1 aliphatic heterocycles. The number of aromatic nitrogens is 3. The van der Waals surface area contributed by atoms with Crippen LogP contribution in [0.1, 0.15) is 0 Å². The van der Waals surface area contributed by atoms with Crippen molar-refractivity contribution in [2.45, 2.75) is 6.17 Å². The molecule has 1 amide bonds. The van der Waals surface area contributed by atoms with E-state index in [1.807, 2.05) is 0 Å². The lowest BCUT2D eigenvalue weighted by molar-refractivity contribution is 0.136. The molecule has 8 nitrogen and oxygen atoms in total. The van der Waals surface area contributed by atoms with Crippen LogP contribution in [0, 0.1) is 5.95 Å². The van der Waals surface area contributed by atoms with Crippen molar-refractivity contribution in [3.05, 3.63) is 39.7 Å². The van der Waals surface area contributed by atoms with E-state index in [1.165, 1.54) is 17.2 Å². The highest BCUT2D eigenvalue weighted by atomic mass is 35.5. The van der Waals surface area contributed by atoms with Crippen molar-refractivity contribution >= 4 is 23.5 Å². The Kier molecular flexibility index (Phi) is 5.03. The second-order valence-electron chi connectivity index (χ2n) is 5.69. The molecule has 1 atom stereocenters. The van der Waals surface area contributed by atoms with Gasteiger partial charge in [0.05, 0.1) is 13.1 Å². The number of carbonyl (C=O) groups is 1. The van der Waals surface area contributed by atoms with Gasteiger partial charge in [0.25, 0.3) is 5.56 Å². The van der Waals surface area contributed by atoms with Crippen LogP contribution >= 0.6 is 11.6 Å². The molecule has 0 aliphatic carbocycles. The number of hydrogen-bond donors (Lipinski definition) is 2. The Morgan fingerprint density at radius 1 is 1.38 bits per heavy atom. The first kappa shape index (κ1) is 18.1. The Labute approximate surface area is 151 Å². The summed E-state index contributed by atoms with van der Waals surface area (Å²) in [6.07, 6.45) is -1.49. The fourth-order valence-corrected chi connectivity index (χ4v) is 2.88. The molecule has 3 heterocycles. The molecule has 1 unspecified atom stereocenters. The van der Waals surface area contributed by atoms with Crippen LogP contribution < -0.4 is 10.5 Å². The quantitative estimate of drug-likeness (QED) is 0.764. The summed E-state index contributed by atoms with van der Waals surface area (Å²) in [6, 6.07) is 2.54. The molecule has 2 aromatic rings. The number of rotatable bonds is 2. The SMILES string of the molecule is O=C(O)N1CCN(c2nc(-c3ccnc(F)c3)[nH]c(=O)c2Cl)CC(F)C1. The van der Waals surface area contributed by atoms with Crippen molar-refractivity contribution in [1.29, 1.82) is 0 Å². The maximum atomic E-state index is 14.1. The van der Waals surface area contributed by atoms with E-state index >= 15 is 0 Å². The lowest BCUT2D eigenvalue weighted by Crippen LogP contribution is -2.35. The molecule has 0 radical (unpaired) electrons. The number of amides is 1. The zero-order valence-corrected chi connectivity index (χ0v) is 14.1. The lowest BCUT2D eigenvalue weighted by atomic mass is 10.2. The topological polar surface area (TPSA) is 102 Å². The first-order valence-electron chi connectivity index (χ1n) is 7.64. The zero-order chi connectivity index (χ0) is 18.8. The first-order valence-corrected chi connectivity index (χ1v) is 8.01. The van der Waals surface area contributed by atoms with Gasteiger partial charge in [-0.25, -0.2) is 19.2 Å². The third-order valence-corrected chi connectivity index (χ3v) is 4.23. The molecule has 11 heteroatoms. The molecule has 0 saturated carbocycles. The van der Waals surface area contributed by atoms with Gasteiger partial charge in [-0.3, -0.25) is 4.79 Å². The molecule has 1 fully saturated rings. The van der Waals surface area contributed by atoms with Crippen molar-refractivity contribution in [3.63, 3.8) is 0 Å². The van der Waals surface area contributed by atoms with E-state index in [2.05, 4.69) is 15.0 Å². The van der Waals surface area contributed by atoms with E-state index in [-0.39, 0.29) is 48.4 Å². The smallest absolute Gasteiger partial charge is 0.407 e. The van der Waals surface area contributed by atoms with E-state index in [4.69, 9.17) is 16.7 Å². The second kappa shape index (κ2) is 7.24. The fourth-order valence-electron chi connectivity index (χ4n) is 2.67. The van der Waals surface area contributed by atoms with Crippen molar-refractivity contribution in [3.8, 4) is 11.4 Å². The summed E-state index contributed by atoms with van der Waals surface area (Å²) in [5.41, 5.74) is -0.398. The Morgan fingerprint density at radius 3 is 2.85 bits per heavy atom. The van der Waals surface area contributed by atoms with Gasteiger partial charge in [0.2, 0.25) is 5.95 Å². The van der Waals surface area contributed by atoms with Crippen LogP contribution in [0.4, 0.5) is 19.4 Å². The van der Waals surface area contributed by atoms with Gasteiger partial charge in [0, 0.05) is 30.9 Å². The molecular weight excluding hydrogens is 372 g/mol. The average molecular weight is 386 g/mol. The van der Waals surface area contributed by atoms with Crippen LogP contribution in [0.15, 0.2) is 23.1 Å². The van der Waals surface area contributed by atoms with Gasteiger partial charge in [-0.05, 0) is 6.07 Å². The molecule has 2 aromatic heterocycles. The maximum Gasteiger partial charge on any atom is 0.407 e. The average Bonchev–Trinajstić information content (AvgIpc) is 2.79. The third-order valence-electron chi connectivity index (χ3n) is 3.89. The molecule has 138 valence electrons. The number of alkyl halides is 1. The third kappa shape index (κ3) is 3.74. The largest absolute Gasteiger partial charge is 0.465 e. The highest BCUT2D eigenvalue weighted by Gasteiger charge is 2.28. The van der Waals surface area contributed by atoms with Gasteiger partial charge in [0.1, 0.15) is 17.0 Å². The number of carboxylic acid groups (broad SMARTS) is 1. The predicted molar refractivity (Wildman–Crippen MR) is 89.8 cm³/mol. The van der Waals surface area contributed by atoms with Crippen molar-refractivity contribution in [2.75, 3.05) is 31.1 Å². The van der Waals surface area contributed by atoms with Crippen LogP contribution in [0.5, 0.6) is 0 Å². The van der Waals surface area contributed by atoms with Gasteiger partial charge in [-0.1, -0.05) is 11.6 Å². The molecule has 2 N–H and O–H groups in total. The number of nitrogens with zero attached hydrogens (tertiary/aromatic N) is 4. The number of aromatic amines is 1. The van der Waals surface area contributed by atoms with Crippen molar-refractivity contribution in [1.82, 2.24) is 19.9 Å². The van der Waals surface area contributed by atoms with E-state index in [1.54, 1.807) is 0 Å². The van der Waals surface area contributed by atoms with Crippen LogP contribution in [-0.2, 0) is 0 Å². The van der Waals surface area contributed by atoms with Gasteiger partial charge >= 0.3 is 6.09 Å². The first-order chi connectivity index (χ1) is 12.3. The molecule has 1 aliphatic rings. The van der Waals surface area contributed by atoms with Crippen molar-refractivity contribution < 1.29 is 18.7 Å². The Hall–Kier alpha value is -2.75. The van der Waals surface area contributed by atoms with Gasteiger partial charge in [-0.15, -0.1) is 0 Å². The van der Waals surface area contributed by atoms with E-state index in [0.29, 0.717) is 0 Å². The summed E-state index contributed by atoms with van der Waals surface area (Å²) in [5.74, 6) is -0.694. The monoisotopic (exact) mass is 385 g/mol. The lowest BCUT2D eigenvalue weighted by Gasteiger charge is -2.23. The Bertz CT molecular complexity index is 894. The molecular formula is C15H14ClF2N5O3. The molecule has 26 heavy (non-hydrogen) atoms. The summed E-state index contributed by atoms with van der Waals surface area (Å²) in [5, 5.41) is 8.81. The van der Waals surface area contributed by atoms with Crippen LogP contribution in [0.25, 0.3) is 11.4 Å². The summed E-state index contributed by atoms with van der Waals surface area (Å²) in [7, 11) is 0. The highest BCUT2D eigenvalue weighted by Crippen LogP contribution is 2.25. The summed E-state index contributed by atoms with van der Waals surface area (Å²) in [4.78, 5) is 35.7. The number of nitrogens with one attached hydrogen (secondary N) is 1. The summed E-state index contributed by atoms with van der Waals surface area (Å²) < 4.78 is 27.5. The van der Waals surface area contributed by atoms with Crippen LogP contribution in [-0.4, -0.2) is 63.4 Å². The number of pyridine rings is 1. The minimum atomic E-state index is -1.48. The minimum absolute atomic E-state index is 0.0116. The van der Waals surface area contributed by atoms with Crippen LogP contribution in [0.2, 0.25) is 5.02 Å². The number of H-pyrrole nitrogens is 1. The number of hydrogen-bond acceptors (Lipinski definition) is 5. The summed E-state index contributed by atoms with van der Waals surface area (Å²) in [6.45, 7) is -0.327. The van der Waals surface area contributed by atoms with E-state index < -0.39 is 23.8 Å². The van der Waals surface area contributed by atoms with E-state index in [0.717, 1.165) is 11.0 Å².